The minimum absolute atomic E-state index is 0.0379. The van der Waals surface area contributed by atoms with E-state index >= 15 is 0 Å². The highest BCUT2D eigenvalue weighted by atomic mass is 35.5. The van der Waals surface area contributed by atoms with E-state index in [0.29, 0.717) is 31.0 Å². The second-order valence-corrected chi connectivity index (χ2v) is 10.7. The Bertz CT molecular complexity index is 1210. The largest absolute Gasteiger partial charge is 0.492 e. The van der Waals surface area contributed by atoms with Crippen LogP contribution in [0.3, 0.4) is 0 Å². The number of hydrogen-bond donors (Lipinski definition) is 0. The SMILES string of the molecule is Cc1ccc(S(=O)(=O)n2ccc3c(OCC4COC(C)(C)OC4)cc(Cl)c(Cl)c32)cc1. The van der Waals surface area contributed by atoms with E-state index < -0.39 is 15.8 Å². The monoisotopic (exact) mass is 483 g/mol. The zero-order valence-corrected chi connectivity index (χ0v) is 19.7. The highest BCUT2D eigenvalue weighted by Crippen LogP contribution is 2.39. The maximum absolute atomic E-state index is 13.2. The molecule has 0 saturated carbocycles. The topological polar surface area (TPSA) is 66.8 Å². The summed E-state index contributed by atoms with van der Waals surface area (Å²) in [5.74, 6) is -0.113. The molecule has 0 N–H and O–H groups in total. The van der Waals surface area contributed by atoms with Crippen LogP contribution in [0, 0.1) is 12.8 Å². The van der Waals surface area contributed by atoms with E-state index in [1.54, 1.807) is 36.4 Å². The molecule has 0 radical (unpaired) electrons. The summed E-state index contributed by atoms with van der Waals surface area (Å²) in [5.41, 5.74) is 1.24. The van der Waals surface area contributed by atoms with Crippen molar-refractivity contribution in [2.75, 3.05) is 19.8 Å². The Morgan fingerprint density at radius 2 is 1.77 bits per heavy atom. The smallest absolute Gasteiger partial charge is 0.268 e. The summed E-state index contributed by atoms with van der Waals surface area (Å²) in [6.07, 6.45) is 1.46. The number of halogens is 2. The van der Waals surface area contributed by atoms with Gasteiger partial charge in [-0.15, -0.1) is 0 Å². The quantitative estimate of drug-likeness (QED) is 0.494. The van der Waals surface area contributed by atoms with Crippen molar-refractivity contribution in [2.24, 2.45) is 5.92 Å². The first kappa shape index (κ1) is 22.4. The van der Waals surface area contributed by atoms with E-state index in [0.717, 1.165) is 9.54 Å². The van der Waals surface area contributed by atoms with Gasteiger partial charge < -0.3 is 14.2 Å². The lowest BCUT2D eigenvalue weighted by atomic mass is 10.1. The lowest BCUT2D eigenvalue weighted by Gasteiger charge is -2.34. The molecule has 0 spiro atoms. The van der Waals surface area contributed by atoms with Crippen molar-refractivity contribution in [2.45, 2.75) is 31.5 Å². The molecule has 2 heterocycles. The van der Waals surface area contributed by atoms with E-state index in [4.69, 9.17) is 37.4 Å². The van der Waals surface area contributed by atoms with Gasteiger partial charge in [0, 0.05) is 23.6 Å². The number of fused-ring (bicyclic) bond motifs is 1. The maximum Gasteiger partial charge on any atom is 0.268 e. The average molecular weight is 484 g/mol. The molecular weight excluding hydrogens is 461 g/mol. The van der Waals surface area contributed by atoms with Crippen molar-refractivity contribution in [3.63, 3.8) is 0 Å². The fourth-order valence-electron chi connectivity index (χ4n) is 3.37. The zero-order valence-electron chi connectivity index (χ0n) is 17.4. The van der Waals surface area contributed by atoms with Gasteiger partial charge in [0.2, 0.25) is 0 Å². The molecule has 6 nitrogen and oxygen atoms in total. The zero-order chi connectivity index (χ0) is 22.4. The highest BCUT2D eigenvalue weighted by molar-refractivity contribution is 7.90. The van der Waals surface area contributed by atoms with Crippen molar-refractivity contribution in [3.8, 4) is 5.75 Å². The summed E-state index contributed by atoms with van der Waals surface area (Å²) in [7, 11) is -3.87. The van der Waals surface area contributed by atoms with Gasteiger partial charge in [0.15, 0.2) is 5.79 Å². The Balaban J connectivity index is 1.68. The second-order valence-electron chi connectivity index (χ2n) is 8.06. The molecule has 3 aromatic rings. The highest BCUT2D eigenvalue weighted by Gasteiger charge is 2.29. The van der Waals surface area contributed by atoms with Crippen LogP contribution in [0.4, 0.5) is 0 Å². The molecule has 0 bridgehead atoms. The Morgan fingerprint density at radius 1 is 1.13 bits per heavy atom. The van der Waals surface area contributed by atoms with Crippen LogP contribution < -0.4 is 4.74 Å². The van der Waals surface area contributed by atoms with Crippen molar-refractivity contribution in [1.82, 2.24) is 3.97 Å². The van der Waals surface area contributed by atoms with Gasteiger partial charge in [0.05, 0.1) is 40.3 Å². The summed E-state index contributed by atoms with van der Waals surface area (Å²) in [4.78, 5) is 0.160. The molecule has 166 valence electrons. The van der Waals surface area contributed by atoms with Crippen LogP contribution in [0.2, 0.25) is 10.0 Å². The summed E-state index contributed by atoms with van der Waals surface area (Å²) in [6.45, 7) is 6.96. The van der Waals surface area contributed by atoms with Crippen LogP contribution in [-0.2, 0) is 19.5 Å². The summed E-state index contributed by atoms with van der Waals surface area (Å²) in [6, 6.07) is 9.89. The lowest BCUT2D eigenvalue weighted by Crippen LogP contribution is -2.41. The standard InChI is InChI=1S/C22H23Cl2NO5S/c1-14-4-6-16(7-5-14)31(26,27)25-9-8-17-19(10-18(23)20(24)21(17)25)28-11-15-12-29-22(2,3)30-13-15/h4-10,15H,11-13H2,1-3H3. The molecule has 1 aromatic heterocycles. The first-order valence-electron chi connectivity index (χ1n) is 9.80. The van der Waals surface area contributed by atoms with Crippen LogP contribution in [0.25, 0.3) is 10.9 Å². The first-order chi connectivity index (χ1) is 14.6. The normalized spacial score (nSPS) is 17.2. The number of aryl methyl sites for hydroxylation is 1. The number of rotatable bonds is 5. The molecule has 0 atom stereocenters. The fraction of sp³-hybridized carbons (Fsp3) is 0.364. The van der Waals surface area contributed by atoms with Crippen molar-refractivity contribution < 1.29 is 22.6 Å². The Labute approximate surface area is 191 Å². The van der Waals surface area contributed by atoms with Gasteiger partial charge in [0.1, 0.15) is 5.75 Å². The van der Waals surface area contributed by atoms with E-state index in [2.05, 4.69) is 0 Å². The van der Waals surface area contributed by atoms with Crippen LogP contribution in [0.15, 0.2) is 47.5 Å². The number of nitrogens with zero attached hydrogens (tertiary/aromatic N) is 1. The molecule has 4 rings (SSSR count). The second kappa shape index (κ2) is 8.30. The molecule has 1 aliphatic heterocycles. The molecule has 0 amide bonds. The minimum atomic E-state index is -3.87. The third-order valence-electron chi connectivity index (χ3n) is 5.18. The summed E-state index contributed by atoms with van der Waals surface area (Å²) >= 11 is 12.8. The summed E-state index contributed by atoms with van der Waals surface area (Å²) < 4.78 is 45.0. The van der Waals surface area contributed by atoms with Gasteiger partial charge >= 0.3 is 0 Å². The van der Waals surface area contributed by atoms with Gasteiger partial charge in [-0.1, -0.05) is 40.9 Å². The number of aromatic nitrogens is 1. The molecule has 0 aliphatic carbocycles. The van der Waals surface area contributed by atoms with Crippen molar-refractivity contribution in [3.05, 3.63) is 58.2 Å². The number of ether oxygens (including phenoxy) is 3. The molecule has 1 saturated heterocycles. The van der Waals surface area contributed by atoms with Gasteiger partial charge in [-0.05, 0) is 39.0 Å². The number of hydrogen-bond acceptors (Lipinski definition) is 5. The summed E-state index contributed by atoms with van der Waals surface area (Å²) in [5, 5.41) is 0.916. The number of benzene rings is 2. The van der Waals surface area contributed by atoms with Gasteiger partial charge in [-0.3, -0.25) is 0 Å². The molecule has 1 fully saturated rings. The van der Waals surface area contributed by atoms with Gasteiger partial charge in [0.25, 0.3) is 10.0 Å². The average Bonchev–Trinajstić information content (AvgIpc) is 3.17. The van der Waals surface area contributed by atoms with E-state index in [1.165, 1.54) is 6.20 Å². The predicted molar refractivity (Wildman–Crippen MR) is 121 cm³/mol. The third-order valence-corrected chi connectivity index (χ3v) is 7.65. The van der Waals surface area contributed by atoms with Gasteiger partial charge in [-0.2, -0.15) is 0 Å². The van der Waals surface area contributed by atoms with Gasteiger partial charge in [-0.25, -0.2) is 12.4 Å². The van der Waals surface area contributed by atoms with Crippen molar-refractivity contribution >= 4 is 44.1 Å². The minimum Gasteiger partial charge on any atom is -0.492 e. The maximum atomic E-state index is 13.2. The molecule has 1 aliphatic rings. The molecular formula is C22H23Cl2NO5S. The Hall–Kier alpha value is -1.77. The van der Waals surface area contributed by atoms with E-state index in [9.17, 15) is 8.42 Å². The predicted octanol–water partition coefficient (Wildman–Crippen LogP) is 5.27. The lowest BCUT2D eigenvalue weighted by molar-refractivity contribution is -0.264. The first-order valence-corrected chi connectivity index (χ1v) is 12.0. The molecule has 31 heavy (non-hydrogen) atoms. The van der Waals surface area contributed by atoms with Crippen LogP contribution in [0.5, 0.6) is 5.75 Å². The molecule has 9 heteroatoms. The Kier molecular flexibility index (Phi) is 6.00. The van der Waals surface area contributed by atoms with Crippen LogP contribution in [0.1, 0.15) is 19.4 Å². The molecule has 2 aromatic carbocycles. The molecule has 0 unspecified atom stereocenters. The Morgan fingerprint density at radius 3 is 2.42 bits per heavy atom. The van der Waals surface area contributed by atoms with E-state index in [-0.39, 0.29) is 26.4 Å². The third kappa shape index (κ3) is 4.43. The fourth-order valence-corrected chi connectivity index (χ4v) is 5.22. The van der Waals surface area contributed by atoms with Crippen LogP contribution >= 0.6 is 23.2 Å². The van der Waals surface area contributed by atoms with E-state index in [1.807, 2.05) is 20.8 Å². The van der Waals surface area contributed by atoms with Crippen LogP contribution in [-0.4, -0.2) is 38.0 Å². The van der Waals surface area contributed by atoms with Crippen molar-refractivity contribution in [1.29, 1.82) is 0 Å².